The average molecular weight is 315 g/mol. The number of methoxy groups -OCH3 is 1. The number of rotatable bonds is 5. The Morgan fingerprint density at radius 2 is 2.11 bits per heavy atom. The van der Waals surface area contributed by atoms with Gasteiger partial charge in [-0.25, -0.2) is 0 Å². The summed E-state index contributed by atoms with van der Waals surface area (Å²) < 4.78 is 10.9. The number of para-hydroxylation sites is 1. The molecule has 5 heteroatoms. The average Bonchev–Trinajstić information content (AvgIpc) is 2.35. The third-order valence-electron chi connectivity index (χ3n) is 2.44. The van der Waals surface area contributed by atoms with Crippen LogP contribution in [0.5, 0.6) is 5.75 Å². The van der Waals surface area contributed by atoms with Gasteiger partial charge in [0, 0.05) is 0 Å². The summed E-state index contributed by atoms with van der Waals surface area (Å²) in [4.78, 5) is 22.4. The lowest BCUT2D eigenvalue weighted by atomic mass is 9.95. The van der Waals surface area contributed by atoms with Crippen LogP contribution in [0.15, 0.2) is 22.7 Å². The summed E-state index contributed by atoms with van der Waals surface area (Å²) in [7, 11) is 1.33. The molecule has 98 valence electrons. The Labute approximate surface area is 114 Å². The number of carbonyl (C=O) groups excluding carboxylic acids is 2. The molecule has 0 aromatic heterocycles. The van der Waals surface area contributed by atoms with Crippen molar-refractivity contribution in [2.75, 3.05) is 13.7 Å². The third-order valence-corrected chi connectivity index (χ3v) is 3.06. The molecule has 0 unspecified atom stereocenters. The van der Waals surface area contributed by atoms with Crippen LogP contribution in [0.1, 0.15) is 24.2 Å². The number of halogens is 1. The molecule has 4 nitrogen and oxygen atoms in total. The van der Waals surface area contributed by atoms with E-state index in [0.717, 1.165) is 0 Å². The molecule has 0 radical (unpaired) electrons. The highest BCUT2D eigenvalue weighted by molar-refractivity contribution is 9.10. The normalized spacial score (nSPS) is 10.9. The lowest BCUT2D eigenvalue weighted by Gasteiger charge is -2.22. The molecular weight excluding hydrogens is 300 g/mol. The van der Waals surface area contributed by atoms with Crippen molar-refractivity contribution < 1.29 is 19.1 Å². The molecule has 0 atom stereocenters. The minimum absolute atomic E-state index is 0.128. The molecule has 0 heterocycles. The van der Waals surface area contributed by atoms with Gasteiger partial charge in [0.25, 0.3) is 0 Å². The Hall–Kier alpha value is -1.36. The van der Waals surface area contributed by atoms with E-state index in [0.29, 0.717) is 22.1 Å². The van der Waals surface area contributed by atoms with Gasteiger partial charge >= 0.3 is 5.97 Å². The fourth-order valence-corrected chi connectivity index (χ4v) is 1.85. The molecule has 0 aliphatic heterocycles. The zero-order chi connectivity index (χ0) is 13.8. The number of esters is 1. The van der Waals surface area contributed by atoms with E-state index >= 15 is 0 Å². The lowest BCUT2D eigenvalue weighted by molar-refractivity contribution is -0.152. The summed E-state index contributed by atoms with van der Waals surface area (Å²) in [5, 5.41) is 0. The van der Waals surface area contributed by atoms with Crippen LogP contribution in [0.2, 0.25) is 0 Å². The van der Waals surface area contributed by atoms with E-state index < -0.39 is 5.41 Å². The molecule has 1 aromatic carbocycles. The van der Waals surface area contributed by atoms with Gasteiger partial charge in [0.2, 0.25) is 0 Å². The Morgan fingerprint density at radius 3 is 2.67 bits per heavy atom. The highest BCUT2D eigenvalue weighted by Gasteiger charge is 2.30. The zero-order valence-corrected chi connectivity index (χ0v) is 12.1. The van der Waals surface area contributed by atoms with Crippen LogP contribution in [-0.2, 0) is 9.53 Å². The van der Waals surface area contributed by atoms with Crippen molar-refractivity contribution in [2.45, 2.75) is 13.8 Å². The molecule has 0 saturated carbocycles. The Bertz CT molecular complexity index is 454. The Morgan fingerprint density at radius 1 is 1.44 bits per heavy atom. The Balaban J connectivity index is 2.87. The second-order valence-electron chi connectivity index (χ2n) is 4.44. The van der Waals surface area contributed by atoms with E-state index in [9.17, 15) is 9.59 Å². The number of aldehydes is 1. The second kappa shape index (κ2) is 6.00. The first kappa shape index (κ1) is 14.7. The maximum atomic E-state index is 11.5. The lowest BCUT2D eigenvalue weighted by Crippen LogP contribution is -2.32. The monoisotopic (exact) mass is 314 g/mol. The van der Waals surface area contributed by atoms with Crippen molar-refractivity contribution in [1.29, 1.82) is 0 Å². The number of carbonyl (C=O) groups is 2. The van der Waals surface area contributed by atoms with E-state index in [2.05, 4.69) is 15.9 Å². The molecular formula is C13H15BrO4. The summed E-state index contributed by atoms with van der Waals surface area (Å²) in [5.41, 5.74) is -0.338. The fourth-order valence-electron chi connectivity index (χ4n) is 1.36. The largest absolute Gasteiger partial charge is 0.490 e. The van der Waals surface area contributed by atoms with E-state index in [1.807, 2.05) is 0 Å². The van der Waals surface area contributed by atoms with Gasteiger partial charge in [-0.3, -0.25) is 9.59 Å². The molecule has 0 spiro atoms. The standard InChI is InChI=1S/C13H15BrO4/c1-13(2,12(16)17-3)8-18-11-9(7-15)5-4-6-10(11)14/h4-7H,8H2,1-3H3. The predicted molar refractivity (Wildman–Crippen MR) is 70.8 cm³/mol. The van der Waals surface area contributed by atoms with Crippen LogP contribution in [-0.4, -0.2) is 26.0 Å². The molecule has 18 heavy (non-hydrogen) atoms. The maximum Gasteiger partial charge on any atom is 0.314 e. The first-order chi connectivity index (χ1) is 8.42. The minimum atomic E-state index is -0.774. The zero-order valence-electron chi connectivity index (χ0n) is 10.5. The summed E-state index contributed by atoms with van der Waals surface area (Å²) in [5.74, 6) is 0.0756. The van der Waals surface area contributed by atoms with Crippen molar-refractivity contribution in [3.8, 4) is 5.75 Å². The van der Waals surface area contributed by atoms with Gasteiger partial charge < -0.3 is 9.47 Å². The van der Waals surface area contributed by atoms with Crippen LogP contribution in [0.3, 0.4) is 0 Å². The highest BCUT2D eigenvalue weighted by Crippen LogP contribution is 2.30. The SMILES string of the molecule is COC(=O)C(C)(C)COc1c(Br)cccc1C=O. The van der Waals surface area contributed by atoms with E-state index in [4.69, 9.17) is 9.47 Å². The molecule has 0 N–H and O–H groups in total. The topological polar surface area (TPSA) is 52.6 Å². The van der Waals surface area contributed by atoms with Gasteiger partial charge in [-0.2, -0.15) is 0 Å². The quantitative estimate of drug-likeness (QED) is 0.619. The maximum absolute atomic E-state index is 11.5. The molecule has 1 aromatic rings. The summed E-state index contributed by atoms with van der Waals surface area (Å²) >= 11 is 3.31. The van der Waals surface area contributed by atoms with Crippen LogP contribution >= 0.6 is 15.9 Å². The third kappa shape index (κ3) is 3.32. The van der Waals surface area contributed by atoms with Gasteiger partial charge in [0.05, 0.1) is 22.6 Å². The first-order valence-corrected chi connectivity index (χ1v) is 6.16. The van der Waals surface area contributed by atoms with Crippen LogP contribution in [0.25, 0.3) is 0 Å². The van der Waals surface area contributed by atoms with Crippen molar-refractivity contribution in [3.05, 3.63) is 28.2 Å². The van der Waals surface area contributed by atoms with Gasteiger partial charge in [0.1, 0.15) is 12.4 Å². The van der Waals surface area contributed by atoms with Crippen LogP contribution in [0.4, 0.5) is 0 Å². The number of hydrogen-bond donors (Lipinski definition) is 0. The summed E-state index contributed by atoms with van der Waals surface area (Å²) in [6, 6.07) is 5.16. The van der Waals surface area contributed by atoms with Crippen molar-refractivity contribution >= 4 is 28.2 Å². The summed E-state index contributed by atoms with van der Waals surface area (Å²) in [6.45, 7) is 3.57. The van der Waals surface area contributed by atoms with E-state index in [1.54, 1.807) is 32.0 Å². The molecule has 1 rings (SSSR count). The minimum Gasteiger partial charge on any atom is -0.490 e. The predicted octanol–water partition coefficient (Wildman–Crippen LogP) is 2.84. The van der Waals surface area contributed by atoms with Crippen molar-refractivity contribution in [1.82, 2.24) is 0 Å². The first-order valence-electron chi connectivity index (χ1n) is 5.37. The van der Waals surface area contributed by atoms with E-state index in [1.165, 1.54) is 7.11 Å². The van der Waals surface area contributed by atoms with Gasteiger partial charge in [-0.15, -0.1) is 0 Å². The molecule has 0 saturated heterocycles. The van der Waals surface area contributed by atoms with Gasteiger partial charge in [-0.1, -0.05) is 6.07 Å². The molecule has 0 bridgehead atoms. The number of ether oxygens (including phenoxy) is 2. The molecule has 0 aliphatic rings. The molecule has 0 fully saturated rings. The smallest absolute Gasteiger partial charge is 0.314 e. The van der Waals surface area contributed by atoms with Gasteiger partial charge in [-0.05, 0) is 41.9 Å². The number of hydrogen-bond acceptors (Lipinski definition) is 4. The van der Waals surface area contributed by atoms with Gasteiger partial charge in [0.15, 0.2) is 6.29 Å². The Kier molecular flexibility index (Phi) is 4.90. The molecule has 0 aliphatic carbocycles. The highest BCUT2D eigenvalue weighted by atomic mass is 79.9. The second-order valence-corrected chi connectivity index (χ2v) is 5.29. The molecule has 0 amide bonds. The van der Waals surface area contributed by atoms with E-state index in [-0.39, 0.29) is 12.6 Å². The van der Waals surface area contributed by atoms with Crippen LogP contribution < -0.4 is 4.74 Å². The fraction of sp³-hybridized carbons (Fsp3) is 0.385. The number of benzene rings is 1. The van der Waals surface area contributed by atoms with Crippen molar-refractivity contribution in [2.24, 2.45) is 5.41 Å². The van der Waals surface area contributed by atoms with Crippen LogP contribution in [0, 0.1) is 5.41 Å². The summed E-state index contributed by atoms with van der Waals surface area (Å²) in [6.07, 6.45) is 0.714. The van der Waals surface area contributed by atoms with Crippen molar-refractivity contribution in [3.63, 3.8) is 0 Å².